The fourth-order valence-corrected chi connectivity index (χ4v) is 2.13. The Kier molecular flexibility index (Phi) is 1.73. The molecule has 0 heterocycles. The van der Waals surface area contributed by atoms with E-state index in [2.05, 4.69) is 15.9 Å². The minimum Gasteiger partial charge on any atom is -0.375 e. The Morgan fingerprint density at radius 3 is 3.00 bits per heavy atom. The molecule has 0 spiro atoms. The van der Waals surface area contributed by atoms with Crippen LogP contribution in [0.1, 0.15) is 17.5 Å². The van der Waals surface area contributed by atoms with Gasteiger partial charge in [-0.1, -0.05) is 6.07 Å². The molecule has 1 aromatic rings. The van der Waals surface area contributed by atoms with Gasteiger partial charge >= 0.3 is 0 Å². The molecular formula is C9H8BrFO. The van der Waals surface area contributed by atoms with E-state index >= 15 is 0 Å². The Bertz CT molecular complexity index is 322. The highest BCUT2D eigenvalue weighted by molar-refractivity contribution is 9.09. The van der Waals surface area contributed by atoms with Crippen LogP contribution < -0.4 is 0 Å². The summed E-state index contributed by atoms with van der Waals surface area (Å²) in [7, 11) is 0. The average Bonchev–Trinajstić information content (AvgIpc) is 2.28. The third-order valence-corrected chi connectivity index (χ3v) is 3.03. The summed E-state index contributed by atoms with van der Waals surface area (Å²) in [6.45, 7) is 0. The molecule has 1 aliphatic rings. The van der Waals surface area contributed by atoms with Crippen molar-refractivity contribution in [2.75, 3.05) is 0 Å². The Morgan fingerprint density at radius 2 is 2.25 bits per heavy atom. The molecular weight excluding hydrogens is 223 g/mol. The number of rotatable bonds is 0. The van der Waals surface area contributed by atoms with Crippen LogP contribution in [0, 0.1) is 5.82 Å². The van der Waals surface area contributed by atoms with E-state index < -0.39 is 4.51 Å². The van der Waals surface area contributed by atoms with E-state index in [4.69, 9.17) is 0 Å². The van der Waals surface area contributed by atoms with Crippen LogP contribution >= 0.6 is 15.9 Å². The topological polar surface area (TPSA) is 20.2 Å². The van der Waals surface area contributed by atoms with Gasteiger partial charge in [-0.25, -0.2) is 4.39 Å². The van der Waals surface area contributed by atoms with E-state index in [0.29, 0.717) is 12.0 Å². The van der Waals surface area contributed by atoms with Crippen LogP contribution in [0.4, 0.5) is 4.39 Å². The van der Waals surface area contributed by atoms with Crippen molar-refractivity contribution in [3.8, 4) is 0 Å². The van der Waals surface area contributed by atoms with Crippen LogP contribution in [-0.2, 0) is 10.9 Å². The molecule has 1 aromatic carbocycles. The summed E-state index contributed by atoms with van der Waals surface area (Å²) in [5.74, 6) is -0.298. The third-order valence-electron chi connectivity index (χ3n) is 2.21. The lowest BCUT2D eigenvalue weighted by Crippen LogP contribution is -2.11. The van der Waals surface area contributed by atoms with Crippen molar-refractivity contribution in [2.24, 2.45) is 0 Å². The molecule has 0 saturated carbocycles. The molecule has 12 heavy (non-hydrogen) atoms. The van der Waals surface area contributed by atoms with Crippen LogP contribution in [0.2, 0.25) is 0 Å². The summed E-state index contributed by atoms with van der Waals surface area (Å²) >= 11 is 3.16. The van der Waals surface area contributed by atoms with Gasteiger partial charge in [0.25, 0.3) is 0 Å². The zero-order valence-electron chi connectivity index (χ0n) is 6.35. The molecule has 2 rings (SSSR count). The van der Waals surface area contributed by atoms with Crippen LogP contribution in [-0.4, -0.2) is 5.11 Å². The fraction of sp³-hybridized carbons (Fsp3) is 0.333. The Hall–Kier alpha value is -0.410. The number of halogens is 2. The van der Waals surface area contributed by atoms with E-state index in [1.165, 1.54) is 12.1 Å². The summed E-state index contributed by atoms with van der Waals surface area (Å²) in [6.07, 6.45) is 1.42. The average molecular weight is 231 g/mol. The highest BCUT2D eigenvalue weighted by atomic mass is 79.9. The van der Waals surface area contributed by atoms with Gasteiger partial charge < -0.3 is 5.11 Å². The van der Waals surface area contributed by atoms with Gasteiger partial charge in [-0.05, 0) is 46.5 Å². The lowest BCUT2D eigenvalue weighted by Gasteiger charge is -2.14. The maximum absolute atomic E-state index is 12.8. The zero-order valence-corrected chi connectivity index (χ0v) is 7.94. The van der Waals surface area contributed by atoms with Crippen molar-refractivity contribution in [1.82, 2.24) is 0 Å². The minimum atomic E-state index is -1.01. The van der Waals surface area contributed by atoms with Crippen molar-refractivity contribution >= 4 is 15.9 Å². The van der Waals surface area contributed by atoms with Gasteiger partial charge in [0.1, 0.15) is 10.3 Å². The molecule has 0 aromatic heterocycles. The van der Waals surface area contributed by atoms with E-state index in [9.17, 15) is 9.50 Å². The second-order valence-corrected chi connectivity index (χ2v) is 4.37. The predicted octanol–water partition coefficient (Wildman–Crippen LogP) is 2.31. The maximum atomic E-state index is 12.8. The second kappa shape index (κ2) is 2.54. The molecule has 0 saturated heterocycles. The van der Waals surface area contributed by atoms with Crippen LogP contribution in [0.25, 0.3) is 0 Å². The Labute approximate surface area is 78.3 Å². The molecule has 0 bridgehead atoms. The largest absolute Gasteiger partial charge is 0.375 e. The molecule has 1 atom stereocenters. The number of aryl methyl sites for hydroxylation is 1. The molecule has 1 N–H and O–H groups in total. The standard InChI is InChI=1S/C9H8BrFO/c10-9(12)4-3-6-1-2-7(11)5-8(6)9/h1-2,5,12H,3-4H2. The van der Waals surface area contributed by atoms with Gasteiger partial charge in [0, 0.05) is 5.56 Å². The maximum Gasteiger partial charge on any atom is 0.145 e. The number of hydrogen-bond acceptors (Lipinski definition) is 1. The minimum absolute atomic E-state index is 0.298. The summed E-state index contributed by atoms with van der Waals surface area (Å²) in [4.78, 5) is 0. The van der Waals surface area contributed by atoms with Crippen molar-refractivity contribution < 1.29 is 9.50 Å². The molecule has 1 aliphatic carbocycles. The molecule has 1 unspecified atom stereocenters. The first-order valence-electron chi connectivity index (χ1n) is 3.80. The summed E-state index contributed by atoms with van der Waals surface area (Å²) in [5.41, 5.74) is 1.69. The van der Waals surface area contributed by atoms with Crippen molar-refractivity contribution in [2.45, 2.75) is 17.4 Å². The number of aliphatic hydroxyl groups is 1. The van der Waals surface area contributed by atoms with Gasteiger partial charge in [-0.2, -0.15) is 0 Å². The van der Waals surface area contributed by atoms with E-state index in [1.807, 2.05) is 0 Å². The van der Waals surface area contributed by atoms with Gasteiger partial charge in [0.05, 0.1) is 0 Å². The van der Waals surface area contributed by atoms with E-state index in [1.54, 1.807) is 6.07 Å². The summed E-state index contributed by atoms with van der Waals surface area (Å²) < 4.78 is 11.8. The van der Waals surface area contributed by atoms with Crippen molar-refractivity contribution in [1.29, 1.82) is 0 Å². The highest BCUT2D eigenvalue weighted by Gasteiger charge is 2.33. The van der Waals surface area contributed by atoms with Crippen molar-refractivity contribution in [3.05, 3.63) is 35.1 Å². The van der Waals surface area contributed by atoms with Crippen LogP contribution in [0.3, 0.4) is 0 Å². The normalized spacial score (nSPS) is 27.2. The first-order chi connectivity index (χ1) is 5.59. The van der Waals surface area contributed by atoms with E-state index in [0.717, 1.165) is 12.0 Å². The highest BCUT2D eigenvalue weighted by Crippen LogP contribution is 2.41. The summed E-state index contributed by atoms with van der Waals surface area (Å²) in [6, 6.07) is 4.54. The zero-order chi connectivity index (χ0) is 8.77. The van der Waals surface area contributed by atoms with Crippen LogP contribution in [0.5, 0.6) is 0 Å². The van der Waals surface area contributed by atoms with Gasteiger partial charge in [-0.3, -0.25) is 0 Å². The molecule has 0 amide bonds. The molecule has 0 radical (unpaired) electrons. The lowest BCUT2D eigenvalue weighted by atomic mass is 10.1. The third kappa shape index (κ3) is 1.17. The first kappa shape index (κ1) is 8.20. The molecule has 3 heteroatoms. The molecule has 0 fully saturated rings. The lowest BCUT2D eigenvalue weighted by molar-refractivity contribution is 0.147. The van der Waals surface area contributed by atoms with Gasteiger partial charge in [0.2, 0.25) is 0 Å². The molecule has 1 nitrogen and oxygen atoms in total. The Balaban J connectivity index is 2.57. The number of alkyl halides is 1. The van der Waals surface area contributed by atoms with Crippen LogP contribution in [0.15, 0.2) is 18.2 Å². The summed E-state index contributed by atoms with van der Waals surface area (Å²) in [5, 5.41) is 9.72. The number of fused-ring (bicyclic) bond motifs is 1. The molecule has 0 aliphatic heterocycles. The van der Waals surface area contributed by atoms with Crippen molar-refractivity contribution in [3.63, 3.8) is 0 Å². The molecule has 64 valence electrons. The number of benzene rings is 1. The second-order valence-electron chi connectivity index (χ2n) is 3.06. The monoisotopic (exact) mass is 230 g/mol. The smallest absolute Gasteiger partial charge is 0.145 e. The SMILES string of the molecule is OC1(Br)CCc2ccc(F)cc21. The predicted molar refractivity (Wildman–Crippen MR) is 47.5 cm³/mol. The number of hydrogen-bond donors (Lipinski definition) is 1. The first-order valence-corrected chi connectivity index (χ1v) is 4.59. The van der Waals surface area contributed by atoms with Gasteiger partial charge in [0.15, 0.2) is 0 Å². The fourth-order valence-electron chi connectivity index (χ4n) is 1.56. The van der Waals surface area contributed by atoms with Gasteiger partial charge in [-0.15, -0.1) is 0 Å². The Morgan fingerprint density at radius 1 is 1.50 bits per heavy atom. The van der Waals surface area contributed by atoms with E-state index in [-0.39, 0.29) is 5.82 Å². The quantitative estimate of drug-likeness (QED) is 0.679.